The number of nitrogens with zero attached hydrogens (tertiary/aromatic N) is 3. The van der Waals surface area contributed by atoms with Crippen LogP contribution in [0.25, 0.3) is 5.69 Å². The Morgan fingerprint density at radius 1 is 1.16 bits per heavy atom. The van der Waals surface area contributed by atoms with E-state index in [1.807, 2.05) is 29.2 Å². The largest absolute Gasteiger partial charge is 0.496 e. The Morgan fingerprint density at radius 3 is 2.61 bits per heavy atom. The van der Waals surface area contributed by atoms with Gasteiger partial charge in [-0.2, -0.15) is 5.10 Å². The lowest BCUT2D eigenvalue weighted by molar-refractivity contribution is -0.131. The van der Waals surface area contributed by atoms with E-state index < -0.39 is 11.5 Å². The first-order valence-corrected chi connectivity index (χ1v) is 10.4. The molecule has 1 N–H and O–H groups in total. The van der Waals surface area contributed by atoms with Gasteiger partial charge in [-0.3, -0.25) is 4.79 Å². The van der Waals surface area contributed by atoms with Crippen molar-refractivity contribution in [2.24, 2.45) is 5.92 Å². The van der Waals surface area contributed by atoms with Crippen LogP contribution in [0.15, 0.2) is 53.3 Å². The highest BCUT2D eigenvalue weighted by molar-refractivity contribution is 5.79. The van der Waals surface area contributed by atoms with Crippen LogP contribution in [0, 0.1) is 11.7 Å². The summed E-state index contributed by atoms with van der Waals surface area (Å²) in [5.74, 6) is 1.09. The minimum absolute atomic E-state index is 0.0750. The molecule has 0 atom stereocenters. The average molecular weight is 424 g/mol. The molecule has 1 saturated heterocycles. The number of aromatic nitrogens is 3. The van der Waals surface area contributed by atoms with Gasteiger partial charge in [-0.1, -0.05) is 30.3 Å². The highest BCUT2D eigenvalue weighted by Gasteiger charge is 2.26. The fraction of sp³-hybridized carbons (Fsp3) is 0.348. The molecule has 0 saturated carbocycles. The fourth-order valence-corrected chi connectivity index (χ4v) is 4.12. The topological polar surface area (TPSA) is 80.2 Å². The number of likely N-dealkylation sites (tertiary alicyclic amines) is 1. The predicted molar refractivity (Wildman–Crippen MR) is 114 cm³/mol. The summed E-state index contributed by atoms with van der Waals surface area (Å²) in [7, 11) is 1.60. The van der Waals surface area contributed by atoms with E-state index in [1.54, 1.807) is 25.3 Å². The maximum atomic E-state index is 14.2. The van der Waals surface area contributed by atoms with Crippen molar-refractivity contribution in [2.75, 3.05) is 20.2 Å². The molecule has 3 aromatic rings. The van der Waals surface area contributed by atoms with E-state index in [-0.39, 0.29) is 17.5 Å². The molecule has 0 spiro atoms. The molecule has 0 bridgehead atoms. The number of piperidine rings is 1. The Labute approximate surface area is 179 Å². The summed E-state index contributed by atoms with van der Waals surface area (Å²) >= 11 is 0. The number of para-hydroxylation sites is 2. The SMILES string of the molecule is COc1ccccc1CC(=O)N1CCC(Cc2n[nH]c(=O)n2-c2ccccc2F)CC1. The van der Waals surface area contributed by atoms with Crippen LogP contribution in [0.4, 0.5) is 4.39 Å². The number of benzene rings is 2. The number of hydrogen-bond donors (Lipinski definition) is 1. The minimum atomic E-state index is -0.469. The summed E-state index contributed by atoms with van der Waals surface area (Å²) in [4.78, 5) is 26.8. The summed E-state index contributed by atoms with van der Waals surface area (Å²) in [6, 6.07) is 13.7. The molecule has 162 valence electrons. The number of hydrogen-bond acceptors (Lipinski definition) is 4. The number of rotatable bonds is 6. The predicted octanol–water partition coefficient (Wildman–Crippen LogP) is 2.73. The standard InChI is InChI=1S/C23H25FN4O3/c1-31-20-9-5-2-6-17(20)15-22(29)27-12-10-16(11-13-27)14-21-25-26-23(30)28(21)19-8-4-3-7-18(19)24/h2-9,16H,10-15H2,1H3,(H,26,30). The molecule has 7 nitrogen and oxygen atoms in total. The first-order valence-electron chi connectivity index (χ1n) is 10.4. The number of aromatic amines is 1. The van der Waals surface area contributed by atoms with Crippen LogP contribution in [0.1, 0.15) is 24.2 Å². The summed E-state index contributed by atoms with van der Waals surface area (Å²) in [6.45, 7) is 1.29. The van der Waals surface area contributed by atoms with Gasteiger partial charge in [0.1, 0.15) is 17.4 Å². The summed E-state index contributed by atoms with van der Waals surface area (Å²) in [5, 5.41) is 6.55. The Morgan fingerprint density at radius 2 is 1.87 bits per heavy atom. The van der Waals surface area contributed by atoms with Crippen molar-refractivity contribution in [1.82, 2.24) is 19.7 Å². The molecule has 1 fully saturated rings. The zero-order valence-corrected chi connectivity index (χ0v) is 17.4. The van der Waals surface area contributed by atoms with Crippen LogP contribution in [-0.4, -0.2) is 45.8 Å². The van der Waals surface area contributed by atoms with Crippen molar-refractivity contribution in [3.8, 4) is 11.4 Å². The van der Waals surface area contributed by atoms with E-state index >= 15 is 0 Å². The molecule has 1 aliphatic heterocycles. The van der Waals surface area contributed by atoms with Crippen LogP contribution in [0.2, 0.25) is 0 Å². The van der Waals surface area contributed by atoms with E-state index in [9.17, 15) is 14.0 Å². The maximum Gasteiger partial charge on any atom is 0.348 e. The van der Waals surface area contributed by atoms with Crippen molar-refractivity contribution in [3.05, 3.63) is 76.2 Å². The van der Waals surface area contributed by atoms with Gasteiger partial charge in [0.05, 0.1) is 19.2 Å². The average Bonchev–Trinajstić information content (AvgIpc) is 3.14. The second kappa shape index (κ2) is 9.16. The van der Waals surface area contributed by atoms with Gasteiger partial charge in [0, 0.05) is 25.1 Å². The molecular formula is C23H25FN4O3. The maximum absolute atomic E-state index is 14.2. The highest BCUT2D eigenvalue weighted by atomic mass is 19.1. The summed E-state index contributed by atoms with van der Waals surface area (Å²) < 4.78 is 20.9. The van der Waals surface area contributed by atoms with Crippen molar-refractivity contribution >= 4 is 5.91 Å². The zero-order valence-electron chi connectivity index (χ0n) is 17.4. The molecule has 31 heavy (non-hydrogen) atoms. The Bertz CT molecular complexity index is 1120. The van der Waals surface area contributed by atoms with Gasteiger partial charge in [0.15, 0.2) is 0 Å². The highest BCUT2D eigenvalue weighted by Crippen LogP contribution is 2.24. The van der Waals surface area contributed by atoms with Gasteiger partial charge in [0.25, 0.3) is 0 Å². The second-order valence-corrected chi connectivity index (χ2v) is 7.75. The van der Waals surface area contributed by atoms with Crippen LogP contribution in [-0.2, 0) is 17.6 Å². The van der Waals surface area contributed by atoms with Crippen molar-refractivity contribution < 1.29 is 13.9 Å². The summed E-state index contributed by atoms with van der Waals surface area (Å²) in [6.07, 6.45) is 2.45. The number of nitrogens with one attached hydrogen (secondary N) is 1. The van der Waals surface area contributed by atoms with Gasteiger partial charge in [0.2, 0.25) is 5.91 Å². The zero-order chi connectivity index (χ0) is 21.8. The number of carbonyl (C=O) groups excluding carboxylic acids is 1. The molecule has 0 aliphatic carbocycles. The Kier molecular flexibility index (Phi) is 6.16. The molecule has 1 aliphatic rings. The number of H-pyrrole nitrogens is 1. The first kappa shape index (κ1) is 20.8. The smallest absolute Gasteiger partial charge is 0.348 e. The number of methoxy groups -OCH3 is 1. The molecule has 2 heterocycles. The third-order valence-corrected chi connectivity index (χ3v) is 5.81. The van der Waals surface area contributed by atoms with E-state index in [2.05, 4.69) is 10.2 Å². The molecular weight excluding hydrogens is 399 g/mol. The molecule has 0 unspecified atom stereocenters. The molecule has 8 heteroatoms. The molecule has 4 rings (SSSR count). The summed E-state index contributed by atoms with van der Waals surface area (Å²) in [5.41, 5.74) is 0.618. The van der Waals surface area contributed by atoms with Crippen LogP contribution in [0.3, 0.4) is 0 Å². The van der Waals surface area contributed by atoms with Gasteiger partial charge in [-0.25, -0.2) is 18.9 Å². The van der Waals surface area contributed by atoms with Crippen molar-refractivity contribution in [1.29, 1.82) is 0 Å². The third kappa shape index (κ3) is 4.52. The van der Waals surface area contributed by atoms with Crippen molar-refractivity contribution in [3.63, 3.8) is 0 Å². The number of ether oxygens (including phenoxy) is 1. The normalized spacial score (nSPS) is 14.6. The first-order chi connectivity index (χ1) is 15.1. The molecule has 1 aromatic heterocycles. The molecule has 2 aromatic carbocycles. The second-order valence-electron chi connectivity index (χ2n) is 7.75. The lowest BCUT2D eigenvalue weighted by Crippen LogP contribution is -2.40. The lowest BCUT2D eigenvalue weighted by atomic mass is 9.92. The van der Waals surface area contributed by atoms with Crippen LogP contribution >= 0.6 is 0 Å². The van der Waals surface area contributed by atoms with E-state index in [4.69, 9.17) is 4.74 Å². The van der Waals surface area contributed by atoms with Gasteiger partial charge < -0.3 is 9.64 Å². The molecule has 1 amide bonds. The van der Waals surface area contributed by atoms with Crippen LogP contribution in [0.5, 0.6) is 5.75 Å². The van der Waals surface area contributed by atoms with Crippen molar-refractivity contribution in [2.45, 2.75) is 25.7 Å². The van der Waals surface area contributed by atoms with Crippen LogP contribution < -0.4 is 10.4 Å². The Hall–Kier alpha value is -3.42. The quantitative estimate of drug-likeness (QED) is 0.660. The third-order valence-electron chi connectivity index (χ3n) is 5.81. The number of carbonyl (C=O) groups is 1. The monoisotopic (exact) mass is 424 g/mol. The van der Waals surface area contributed by atoms with E-state index in [1.165, 1.54) is 10.6 Å². The van der Waals surface area contributed by atoms with Gasteiger partial charge in [-0.15, -0.1) is 0 Å². The molecule has 0 radical (unpaired) electrons. The number of amides is 1. The minimum Gasteiger partial charge on any atom is -0.496 e. The number of halogens is 1. The van der Waals surface area contributed by atoms with Gasteiger partial charge in [-0.05, 0) is 37.0 Å². The van der Waals surface area contributed by atoms with Gasteiger partial charge >= 0.3 is 5.69 Å². The van der Waals surface area contributed by atoms with E-state index in [0.29, 0.717) is 31.8 Å². The lowest BCUT2D eigenvalue weighted by Gasteiger charge is -2.32. The van der Waals surface area contributed by atoms with E-state index in [0.717, 1.165) is 24.2 Å². The fourth-order valence-electron chi connectivity index (χ4n) is 4.12. The Balaban J connectivity index is 1.39.